The van der Waals surface area contributed by atoms with Crippen LogP contribution in [0.2, 0.25) is 0 Å². The first-order valence-electron chi connectivity index (χ1n) is 5.97. The summed E-state index contributed by atoms with van der Waals surface area (Å²) in [7, 11) is 1.30. The Kier molecular flexibility index (Phi) is 8.05. The van der Waals surface area contributed by atoms with Gasteiger partial charge in [0, 0.05) is 6.20 Å². The number of rotatable bonds is 7. The number of thioether (sulfide) groups is 2. The summed E-state index contributed by atoms with van der Waals surface area (Å²) in [6.45, 7) is 0. The Morgan fingerprint density at radius 3 is 2.76 bits per heavy atom. The van der Waals surface area contributed by atoms with Crippen LogP contribution in [-0.2, 0) is 9.53 Å². The predicted molar refractivity (Wildman–Crippen MR) is 87.8 cm³/mol. The van der Waals surface area contributed by atoms with Crippen molar-refractivity contribution in [1.29, 1.82) is 0 Å². The van der Waals surface area contributed by atoms with Crippen LogP contribution >= 0.6 is 39.5 Å². The molecule has 116 valence electrons. The topological polar surface area (TPSA) is 81.2 Å². The molecule has 1 heterocycles. The zero-order chi connectivity index (χ0) is 15.8. The van der Waals surface area contributed by atoms with E-state index in [1.807, 2.05) is 12.5 Å². The lowest BCUT2D eigenvalue weighted by atomic mass is 10.2. The fraction of sp³-hybridized carbons (Fsp3) is 0.500. The molecule has 0 aliphatic heterocycles. The number of hydrogen-bond acceptors (Lipinski definition) is 7. The van der Waals surface area contributed by atoms with E-state index < -0.39 is 17.9 Å². The van der Waals surface area contributed by atoms with Crippen molar-refractivity contribution in [1.82, 2.24) is 15.3 Å². The van der Waals surface area contributed by atoms with Crippen LogP contribution in [0.1, 0.15) is 16.9 Å². The maximum Gasteiger partial charge on any atom is 0.328 e. The van der Waals surface area contributed by atoms with Gasteiger partial charge in [0.15, 0.2) is 5.16 Å². The molecule has 1 rings (SSSR count). The van der Waals surface area contributed by atoms with E-state index in [2.05, 4.69) is 31.2 Å². The lowest BCUT2D eigenvalue weighted by molar-refractivity contribution is -0.142. The second-order valence-corrected chi connectivity index (χ2v) is 6.50. The molecule has 0 aliphatic carbocycles. The molecule has 0 aromatic carbocycles. The highest BCUT2D eigenvalue weighted by Gasteiger charge is 2.23. The highest BCUT2D eigenvalue weighted by molar-refractivity contribution is 9.10. The third-order valence-electron chi connectivity index (χ3n) is 2.52. The summed E-state index contributed by atoms with van der Waals surface area (Å²) in [6.07, 6.45) is 5.77. The number of aromatic nitrogens is 2. The fourth-order valence-electron chi connectivity index (χ4n) is 1.46. The van der Waals surface area contributed by atoms with E-state index >= 15 is 0 Å². The summed E-state index contributed by atoms with van der Waals surface area (Å²) >= 11 is 6.17. The van der Waals surface area contributed by atoms with Crippen molar-refractivity contribution in [2.24, 2.45) is 0 Å². The molecule has 6 nitrogen and oxygen atoms in total. The Morgan fingerprint density at radius 2 is 2.19 bits per heavy atom. The maximum absolute atomic E-state index is 12.3. The smallest absolute Gasteiger partial charge is 0.328 e. The van der Waals surface area contributed by atoms with Crippen molar-refractivity contribution < 1.29 is 14.3 Å². The second kappa shape index (κ2) is 9.26. The first-order valence-corrected chi connectivity index (χ1v) is 9.38. The fourth-order valence-corrected chi connectivity index (χ4v) is 2.65. The zero-order valence-electron chi connectivity index (χ0n) is 11.9. The zero-order valence-corrected chi connectivity index (χ0v) is 15.1. The minimum absolute atomic E-state index is 0.201. The molecule has 0 saturated heterocycles. The third kappa shape index (κ3) is 5.48. The molecule has 0 saturated carbocycles. The number of ether oxygens (including phenoxy) is 1. The van der Waals surface area contributed by atoms with Gasteiger partial charge in [-0.05, 0) is 40.6 Å². The van der Waals surface area contributed by atoms with Gasteiger partial charge in [0.25, 0.3) is 5.91 Å². The molecule has 9 heteroatoms. The number of hydrogen-bond donors (Lipinski definition) is 1. The minimum atomic E-state index is -0.686. The van der Waals surface area contributed by atoms with Gasteiger partial charge in [-0.3, -0.25) is 4.79 Å². The van der Waals surface area contributed by atoms with Crippen LogP contribution in [-0.4, -0.2) is 53.3 Å². The number of amides is 1. The molecule has 1 atom stereocenters. The van der Waals surface area contributed by atoms with E-state index in [0.29, 0.717) is 16.0 Å². The first-order chi connectivity index (χ1) is 10.0. The highest BCUT2D eigenvalue weighted by Crippen LogP contribution is 2.17. The molecule has 0 spiro atoms. The standard InChI is InChI=1S/C12H16BrN3O3S2/c1-19-11(18)8(4-5-20-2)15-10(17)9-7(13)6-14-12(16-9)21-3/h6,8H,4-5H2,1-3H3,(H,15,17)/t8-/m0/s1. The predicted octanol–water partition coefficient (Wildman–Crippen LogP) is 1.99. The molecular formula is C12H16BrN3O3S2. The van der Waals surface area contributed by atoms with Gasteiger partial charge in [0.2, 0.25) is 0 Å². The Balaban J connectivity index is 2.88. The average molecular weight is 394 g/mol. The molecular weight excluding hydrogens is 378 g/mol. The summed E-state index contributed by atoms with van der Waals surface area (Å²) < 4.78 is 5.19. The van der Waals surface area contributed by atoms with Gasteiger partial charge in [-0.2, -0.15) is 11.8 Å². The monoisotopic (exact) mass is 393 g/mol. The van der Waals surface area contributed by atoms with Crippen LogP contribution in [0.5, 0.6) is 0 Å². The van der Waals surface area contributed by atoms with Crippen LogP contribution in [0.3, 0.4) is 0 Å². The molecule has 1 amide bonds. The lowest BCUT2D eigenvalue weighted by Gasteiger charge is -2.16. The van der Waals surface area contributed by atoms with Gasteiger partial charge >= 0.3 is 5.97 Å². The average Bonchev–Trinajstić information content (AvgIpc) is 2.50. The van der Waals surface area contributed by atoms with Gasteiger partial charge in [0.1, 0.15) is 11.7 Å². The Hall–Kier alpha value is -0.800. The maximum atomic E-state index is 12.3. The van der Waals surface area contributed by atoms with Crippen molar-refractivity contribution in [3.05, 3.63) is 16.4 Å². The highest BCUT2D eigenvalue weighted by atomic mass is 79.9. The largest absolute Gasteiger partial charge is 0.467 e. The number of halogens is 1. The molecule has 0 fully saturated rings. The number of carbonyl (C=O) groups excluding carboxylic acids is 2. The van der Waals surface area contributed by atoms with Gasteiger partial charge in [-0.15, -0.1) is 0 Å². The van der Waals surface area contributed by atoms with Gasteiger partial charge in [0.05, 0.1) is 11.6 Å². The van der Waals surface area contributed by atoms with Crippen LogP contribution in [0.25, 0.3) is 0 Å². The lowest BCUT2D eigenvalue weighted by Crippen LogP contribution is -2.42. The van der Waals surface area contributed by atoms with Crippen LogP contribution in [0, 0.1) is 0 Å². The van der Waals surface area contributed by atoms with Gasteiger partial charge in [-0.1, -0.05) is 11.8 Å². The van der Waals surface area contributed by atoms with Gasteiger partial charge in [-0.25, -0.2) is 14.8 Å². The summed E-state index contributed by atoms with van der Waals surface area (Å²) in [6, 6.07) is -0.686. The van der Waals surface area contributed by atoms with Crippen molar-refractivity contribution >= 4 is 51.3 Å². The quantitative estimate of drug-likeness (QED) is 0.430. The summed E-state index contributed by atoms with van der Waals surface area (Å²) in [5, 5.41) is 3.14. The van der Waals surface area contributed by atoms with E-state index in [4.69, 9.17) is 4.74 Å². The van der Waals surface area contributed by atoms with Crippen LogP contribution in [0.15, 0.2) is 15.8 Å². The molecule has 0 unspecified atom stereocenters. The number of carbonyl (C=O) groups is 2. The summed E-state index contributed by atoms with van der Waals surface area (Å²) in [5.41, 5.74) is 0.201. The van der Waals surface area contributed by atoms with Crippen molar-refractivity contribution in [3.63, 3.8) is 0 Å². The minimum Gasteiger partial charge on any atom is -0.467 e. The summed E-state index contributed by atoms with van der Waals surface area (Å²) in [5.74, 6) is -0.162. The molecule has 0 aliphatic rings. The second-order valence-electron chi connectivity index (χ2n) is 3.88. The number of esters is 1. The first kappa shape index (κ1) is 18.2. The molecule has 1 N–H and O–H groups in total. The van der Waals surface area contributed by atoms with E-state index in [1.165, 1.54) is 25.1 Å². The Bertz CT molecular complexity index is 517. The van der Waals surface area contributed by atoms with Crippen molar-refractivity contribution in [2.45, 2.75) is 17.6 Å². The SMILES string of the molecule is COC(=O)[C@H](CCSC)NC(=O)c1nc(SC)ncc1Br. The van der Waals surface area contributed by atoms with Crippen LogP contribution < -0.4 is 5.32 Å². The van der Waals surface area contributed by atoms with Gasteiger partial charge < -0.3 is 10.1 Å². The summed E-state index contributed by atoms with van der Waals surface area (Å²) in [4.78, 5) is 32.2. The Morgan fingerprint density at radius 1 is 1.48 bits per heavy atom. The van der Waals surface area contributed by atoms with Crippen molar-refractivity contribution in [3.8, 4) is 0 Å². The molecule has 0 radical (unpaired) electrons. The van der Waals surface area contributed by atoms with E-state index in [9.17, 15) is 9.59 Å². The normalized spacial score (nSPS) is 11.8. The van der Waals surface area contributed by atoms with Crippen molar-refractivity contribution in [2.75, 3.05) is 25.4 Å². The molecule has 21 heavy (non-hydrogen) atoms. The third-order valence-corrected chi connectivity index (χ3v) is 4.31. The van der Waals surface area contributed by atoms with E-state index in [1.54, 1.807) is 11.8 Å². The van der Waals surface area contributed by atoms with E-state index in [0.717, 1.165) is 5.75 Å². The molecule has 0 bridgehead atoms. The molecule has 1 aromatic heterocycles. The number of nitrogens with zero attached hydrogens (tertiary/aromatic N) is 2. The van der Waals surface area contributed by atoms with Crippen LogP contribution in [0.4, 0.5) is 0 Å². The van der Waals surface area contributed by atoms with E-state index in [-0.39, 0.29) is 5.69 Å². The number of nitrogens with one attached hydrogen (secondary N) is 1. The molecule has 1 aromatic rings. The Labute approximate surface area is 140 Å². The number of methoxy groups -OCH3 is 1.